The molecule has 8 nitrogen and oxygen atoms in total. The summed E-state index contributed by atoms with van der Waals surface area (Å²) in [6, 6.07) is 3.58. The van der Waals surface area contributed by atoms with Gasteiger partial charge in [0, 0.05) is 37.2 Å². The summed E-state index contributed by atoms with van der Waals surface area (Å²) < 4.78 is 3.53. The predicted molar refractivity (Wildman–Crippen MR) is 103 cm³/mol. The third-order valence-corrected chi connectivity index (χ3v) is 4.25. The highest BCUT2D eigenvalue weighted by atomic mass is 16.2. The molecule has 0 fully saturated rings. The van der Waals surface area contributed by atoms with Gasteiger partial charge in [0.1, 0.15) is 5.52 Å². The van der Waals surface area contributed by atoms with E-state index in [0.717, 1.165) is 17.9 Å². The van der Waals surface area contributed by atoms with Gasteiger partial charge in [-0.25, -0.2) is 14.8 Å². The van der Waals surface area contributed by atoms with Gasteiger partial charge in [0.05, 0.1) is 11.9 Å². The smallest absolute Gasteiger partial charge is 0.348 e. The fourth-order valence-electron chi connectivity index (χ4n) is 3.03. The van der Waals surface area contributed by atoms with Crippen molar-refractivity contribution >= 4 is 17.1 Å². The average Bonchev–Trinajstić information content (AvgIpc) is 2.98. The Labute approximate surface area is 157 Å². The molecule has 0 saturated carbocycles. The third kappa shape index (κ3) is 4.21. The molecule has 0 aliphatic rings. The molecule has 3 rings (SSSR count). The molecule has 3 heterocycles. The van der Waals surface area contributed by atoms with Gasteiger partial charge in [-0.15, -0.1) is 0 Å². The lowest BCUT2D eigenvalue weighted by atomic mass is 10.2. The number of aromatic nitrogens is 5. The molecule has 0 aliphatic carbocycles. The summed E-state index contributed by atoms with van der Waals surface area (Å²) in [7, 11) is 0. The molecule has 0 aliphatic heterocycles. The summed E-state index contributed by atoms with van der Waals surface area (Å²) in [4.78, 5) is 37.0. The van der Waals surface area contributed by atoms with Crippen molar-refractivity contribution in [2.75, 3.05) is 6.54 Å². The first-order valence-electron chi connectivity index (χ1n) is 8.99. The molecule has 0 aromatic carbocycles. The maximum atomic E-state index is 12.4. The van der Waals surface area contributed by atoms with Crippen LogP contribution in [0.5, 0.6) is 0 Å². The Hall–Kier alpha value is -3.03. The second-order valence-electron chi connectivity index (χ2n) is 7.09. The minimum Gasteiger partial charge on any atom is -0.350 e. The minimum absolute atomic E-state index is 0.242. The summed E-state index contributed by atoms with van der Waals surface area (Å²) in [5, 5.41) is 2.82. The van der Waals surface area contributed by atoms with Crippen molar-refractivity contribution < 1.29 is 4.79 Å². The van der Waals surface area contributed by atoms with E-state index in [1.165, 1.54) is 0 Å². The van der Waals surface area contributed by atoms with Crippen molar-refractivity contribution in [2.45, 2.75) is 40.8 Å². The molecular weight excluding hydrogens is 344 g/mol. The zero-order valence-electron chi connectivity index (χ0n) is 16.1. The number of aryl methyl sites for hydroxylation is 2. The highest BCUT2D eigenvalue weighted by Crippen LogP contribution is 2.13. The molecule has 0 atom stereocenters. The second-order valence-corrected chi connectivity index (χ2v) is 7.09. The quantitative estimate of drug-likeness (QED) is 0.714. The Morgan fingerprint density at radius 2 is 2.00 bits per heavy atom. The molecular formula is C19H24N6O2. The van der Waals surface area contributed by atoms with E-state index in [0.29, 0.717) is 35.8 Å². The van der Waals surface area contributed by atoms with E-state index in [9.17, 15) is 9.59 Å². The SMILES string of the molecule is Cc1cc(C)n(CCNC(=O)c2cnc3c(c2)ncn3CC(C)C)c(=O)n1. The van der Waals surface area contributed by atoms with Crippen molar-refractivity contribution in [3.05, 3.63) is 52.1 Å². The Balaban J connectivity index is 1.67. The highest BCUT2D eigenvalue weighted by molar-refractivity contribution is 5.96. The standard InChI is InChI=1S/C19H24N6O2/c1-12(2)10-24-11-22-16-8-15(9-21-17(16)24)18(26)20-5-6-25-14(4)7-13(3)23-19(25)27/h7-9,11-12H,5-6,10H2,1-4H3,(H,20,26). The van der Waals surface area contributed by atoms with E-state index in [4.69, 9.17) is 0 Å². The lowest BCUT2D eigenvalue weighted by Gasteiger charge is -2.10. The van der Waals surface area contributed by atoms with Crippen LogP contribution >= 0.6 is 0 Å². The summed E-state index contributed by atoms with van der Waals surface area (Å²) in [6.45, 7) is 9.41. The molecule has 0 bridgehead atoms. The summed E-state index contributed by atoms with van der Waals surface area (Å²) >= 11 is 0. The van der Waals surface area contributed by atoms with E-state index < -0.39 is 0 Å². The number of pyridine rings is 1. The number of carbonyl (C=O) groups is 1. The van der Waals surface area contributed by atoms with Crippen molar-refractivity contribution in [1.82, 2.24) is 29.4 Å². The van der Waals surface area contributed by atoms with Crippen LogP contribution in [-0.4, -0.2) is 36.5 Å². The second kappa shape index (κ2) is 7.69. The van der Waals surface area contributed by atoms with Crippen LogP contribution in [0.15, 0.2) is 29.5 Å². The number of hydrogen-bond donors (Lipinski definition) is 1. The number of imidazole rings is 1. The Bertz CT molecular complexity index is 1030. The van der Waals surface area contributed by atoms with Crippen molar-refractivity contribution in [1.29, 1.82) is 0 Å². The van der Waals surface area contributed by atoms with Crippen LogP contribution in [0.4, 0.5) is 0 Å². The molecule has 1 N–H and O–H groups in total. The zero-order valence-corrected chi connectivity index (χ0v) is 16.1. The van der Waals surface area contributed by atoms with Gasteiger partial charge in [0.15, 0.2) is 5.65 Å². The van der Waals surface area contributed by atoms with Gasteiger partial charge >= 0.3 is 5.69 Å². The molecule has 3 aromatic heterocycles. The van der Waals surface area contributed by atoms with Gasteiger partial charge in [-0.3, -0.25) is 9.36 Å². The lowest BCUT2D eigenvalue weighted by Crippen LogP contribution is -2.33. The number of rotatable bonds is 6. The Kier molecular flexibility index (Phi) is 5.34. The highest BCUT2D eigenvalue weighted by Gasteiger charge is 2.11. The fourth-order valence-corrected chi connectivity index (χ4v) is 3.03. The molecule has 1 amide bonds. The molecule has 3 aromatic rings. The summed E-state index contributed by atoms with van der Waals surface area (Å²) in [6.07, 6.45) is 3.31. The average molecular weight is 368 g/mol. The molecule has 0 saturated heterocycles. The van der Waals surface area contributed by atoms with Gasteiger partial charge in [-0.2, -0.15) is 4.98 Å². The summed E-state index contributed by atoms with van der Waals surface area (Å²) in [5.41, 5.74) is 3.12. The first kappa shape index (κ1) is 18.8. The van der Waals surface area contributed by atoms with Crippen LogP contribution in [0.1, 0.15) is 35.6 Å². The number of carbonyl (C=O) groups excluding carboxylic acids is 1. The predicted octanol–water partition coefficient (Wildman–Crippen LogP) is 1.69. The van der Waals surface area contributed by atoms with Crippen molar-refractivity contribution in [2.24, 2.45) is 5.92 Å². The van der Waals surface area contributed by atoms with Gasteiger partial charge in [0.25, 0.3) is 5.91 Å². The maximum Gasteiger partial charge on any atom is 0.348 e. The van der Waals surface area contributed by atoms with Gasteiger partial charge in [-0.05, 0) is 31.9 Å². The first-order chi connectivity index (χ1) is 12.8. The van der Waals surface area contributed by atoms with Crippen LogP contribution < -0.4 is 11.0 Å². The largest absolute Gasteiger partial charge is 0.350 e. The van der Waals surface area contributed by atoms with E-state index in [1.807, 2.05) is 17.6 Å². The number of hydrogen-bond acceptors (Lipinski definition) is 5. The molecule has 27 heavy (non-hydrogen) atoms. The summed E-state index contributed by atoms with van der Waals surface area (Å²) in [5.74, 6) is 0.240. The zero-order chi connectivity index (χ0) is 19.6. The number of amides is 1. The number of nitrogens with zero attached hydrogens (tertiary/aromatic N) is 5. The van der Waals surface area contributed by atoms with Crippen LogP contribution in [-0.2, 0) is 13.1 Å². The van der Waals surface area contributed by atoms with Crippen LogP contribution in [0.3, 0.4) is 0 Å². The van der Waals surface area contributed by atoms with E-state index >= 15 is 0 Å². The van der Waals surface area contributed by atoms with Gasteiger partial charge < -0.3 is 9.88 Å². The normalized spacial score (nSPS) is 11.3. The third-order valence-electron chi connectivity index (χ3n) is 4.25. The van der Waals surface area contributed by atoms with E-state index in [-0.39, 0.29) is 11.6 Å². The van der Waals surface area contributed by atoms with E-state index in [1.54, 1.807) is 30.1 Å². The van der Waals surface area contributed by atoms with Crippen molar-refractivity contribution in [3.8, 4) is 0 Å². The van der Waals surface area contributed by atoms with Gasteiger partial charge in [0.2, 0.25) is 0 Å². The Morgan fingerprint density at radius 1 is 1.22 bits per heavy atom. The monoisotopic (exact) mass is 368 g/mol. The molecule has 142 valence electrons. The van der Waals surface area contributed by atoms with Crippen LogP contribution in [0.2, 0.25) is 0 Å². The Morgan fingerprint density at radius 3 is 2.70 bits per heavy atom. The fraction of sp³-hybridized carbons (Fsp3) is 0.421. The van der Waals surface area contributed by atoms with E-state index in [2.05, 4.69) is 34.1 Å². The van der Waals surface area contributed by atoms with Crippen LogP contribution in [0.25, 0.3) is 11.2 Å². The molecule has 0 unspecified atom stereocenters. The maximum absolute atomic E-state index is 12.4. The first-order valence-corrected chi connectivity index (χ1v) is 8.99. The number of nitrogens with one attached hydrogen (secondary N) is 1. The topological polar surface area (TPSA) is 94.7 Å². The lowest BCUT2D eigenvalue weighted by molar-refractivity contribution is 0.0952. The number of fused-ring (bicyclic) bond motifs is 1. The molecule has 0 spiro atoms. The van der Waals surface area contributed by atoms with Crippen molar-refractivity contribution in [3.63, 3.8) is 0 Å². The van der Waals surface area contributed by atoms with Crippen LogP contribution in [0, 0.1) is 19.8 Å². The molecule has 0 radical (unpaired) electrons. The molecule has 8 heteroatoms. The minimum atomic E-state index is -0.305. The van der Waals surface area contributed by atoms with Gasteiger partial charge in [-0.1, -0.05) is 13.8 Å².